The standard InChI is InChI=1S/C12H13N3OS/c13-10-1-2-12(16)15(9-10)7-8-17-11-3-5-14-6-4-11/h1-6,9H,7-8,13H2. The van der Waals surface area contributed by atoms with Gasteiger partial charge in [0, 0.05) is 47.5 Å². The van der Waals surface area contributed by atoms with E-state index in [4.69, 9.17) is 5.73 Å². The van der Waals surface area contributed by atoms with Gasteiger partial charge in [0.05, 0.1) is 0 Å². The first kappa shape index (κ1) is 11.7. The predicted molar refractivity (Wildman–Crippen MR) is 70.1 cm³/mol. The number of hydrogen-bond donors (Lipinski definition) is 1. The number of hydrogen-bond acceptors (Lipinski definition) is 4. The fourth-order valence-corrected chi connectivity index (χ4v) is 2.26. The number of aromatic nitrogens is 2. The van der Waals surface area contributed by atoms with Crippen LogP contribution in [0.4, 0.5) is 5.69 Å². The summed E-state index contributed by atoms with van der Waals surface area (Å²) in [5, 5.41) is 0. The summed E-state index contributed by atoms with van der Waals surface area (Å²) < 4.78 is 1.63. The van der Waals surface area contributed by atoms with Crippen LogP contribution in [0.2, 0.25) is 0 Å². The molecule has 0 radical (unpaired) electrons. The Morgan fingerprint density at radius 3 is 2.76 bits per heavy atom. The van der Waals surface area contributed by atoms with Crippen LogP contribution in [0.5, 0.6) is 0 Å². The van der Waals surface area contributed by atoms with E-state index < -0.39 is 0 Å². The summed E-state index contributed by atoms with van der Waals surface area (Å²) in [5.41, 5.74) is 6.23. The highest BCUT2D eigenvalue weighted by Gasteiger charge is 1.97. The Balaban J connectivity index is 1.94. The molecule has 0 aromatic carbocycles. The molecule has 2 N–H and O–H groups in total. The van der Waals surface area contributed by atoms with Gasteiger partial charge in [-0.2, -0.15) is 0 Å². The molecule has 0 amide bonds. The molecule has 0 spiro atoms. The van der Waals surface area contributed by atoms with Gasteiger partial charge in [-0.3, -0.25) is 9.78 Å². The van der Waals surface area contributed by atoms with Crippen molar-refractivity contribution in [3.05, 3.63) is 53.2 Å². The summed E-state index contributed by atoms with van der Waals surface area (Å²) >= 11 is 1.69. The van der Waals surface area contributed by atoms with Gasteiger partial charge in [0.1, 0.15) is 0 Å². The largest absolute Gasteiger partial charge is 0.398 e. The van der Waals surface area contributed by atoms with E-state index in [9.17, 15) is 4.79 Å². The van der Waals surface area contributed by atoms with Gasteiger partial charge >= 0.3 is 0 Å². The van der Waals surface area contributed by atoms with Gasteiger partial charge in [0.2, 0.25) is 0 Å². The maximum Gasteiger partial charge on any atom is 0.250 e. The Labute approximate surface area is 103 Å². The normalized spacial score (nSPS) is 10.4. The van der Waals surface area contributed by atoms with Crippen LogP contribution in [0.1, 0.15) is 0 Å². The van der Waals surface area contributed by atoms with Crippen molar-refractivity contribution < 1.29 is 0 Å². The molecule has 0 saturated heterocycles. The summed E-state index contributed by atoms with van der Waals surface area (Å²) in [6, 6.07) is 7.01. The summed E-state index contributed by atoms with van der Waals surface area (Å²) in [6.07, 6.45) is 5.19. The molecule has 0 aliphatic heterocycles. The third-order valence-electron chi connectivity index (χ3n) is 2.26. The van der Waals surface area contributed by atoms with Gasteiger partial charge in [-0.25, -0.2) is 0 Å². The number of anilines is 1. The number of pyridine rings is 2. The van der Waals surface area contributed by atoms with E-state index in [1.165, 1.54) is 6.07 Å². The molecule has 0 saturated carbocycles. The zero-order chi connectivity index (χ0) is 12.1. The van der Waals surface area contributed by atoms with Gasteiger partial charge in [-0.1, -0.05) is 0 Å². The molecule has 2 aromatic heterocycles. The molecule has 2 heterocycles. The summed E-state index contributed by atoms with van der Waals surface area (Å²) in [4.78, 5) is 16.6. The number of rotatable bonds is 4. The van der Waals surface area contributed by atoms with Gasteiger partial charge in [-0.05, 0) is 18.2 Å². The van der Waals surface area contributed by atoms with Crippen LogP contribution in [0.15, 0.2) is 52.5 Å². The second-order valence-corrected chi connectivity index (χ2v) is 4.69. The van der Waals surface area contributed by atoms with Crippen molar-refractivity contribution in [2.75, 3.05) is 11.5 Å². The monoisotopic (exact) mass is 247 g/mol. The van der Waals surface area contributed by atoms with Crippen LogP contribution in [-0.4, -0.2) is 15.3 Å². The van der Waals surface area contributed by atoms with Crippen molar-refractivity contribution >= 4 is 17.4 Å². The Bertz CT molecular complexity index is 539. The third kappa shape index (κ3) is 3.35. The molecule has 0 aliphatic rings. The Kier molecular flexibility index (Phi) is 3.82. The quantitative estimate of drug-likeness (QED) is 0.834. The lowest BCUT2D eigenvalue weighted by atomic mass is 10.4. The molecular weight excluding hydrogens is 234 g/mol. The molecule has 0 unspecified atom stereocenters. The molecule has 88 valence electrons. The van der Waals surface area contributed by atoms with E-state index in [0.717, 1.165) is 10.6 Å². The minimum Gasteiger partial charge on any atom is -0.398 e. The average Bonchev–Trinajstić information content (AvgIpc) is 2.35. The van der Waals surface area contributed by atoms with Crippen molar-refractivity contribution in [3.8, 4) is 0 Å². The topological polar surface area (TPSA) is 60.9 Å². The van der Waals surface area contributed by atoms with Crippen LogP contribution in [0.3, 0.4) is 0 Å². The number of thioether (sulfide) groups is 1. The zero-order valence-electron chi connectivity index (χ0n) is 9.24. The van der Waals surface area contributed by atoms with E-state index in [0.29, 0.717) is 12.2 Å². The second kappa shape index (κ2) is 5.54. The molecule has 17 heavy (non-hydrogen) atoms. The number of nitrogens with zero attached hydrogens (tertiary/aromatic N) is 2. The number of nitrogens with two attached hydrogens (primary N) is 1. The molecule has 2 rings (SSSR count). The molecule has 0 fully saturated rings. The minimum absolute atomic E-state index is 0.0190. The first-order valence-electron chi connectivity index (χ1n) is 5.24. The molecular formula is C12H13N3OS. The van der Waals surface area contributed by atoms with Crippen LogP contribution < -0.4 is 11.3 Å². The molecule has 0 aliphatic carbocycles. The van der Waals surface area contributed by atoms with Crippen LogP contribution in [0, 0.1) is 0 Å². The molecule has 2 aromatic rings. The maximum atomic E-state index is 11.5. The lowest BCUT2D eigenvalue weighted by Gasteiger charge is -2.05. The van der Waals surface area contributed by atoms with Crippen molar-refractivity contribution in [2.45, 2.75) is 11.4 Å². The smallest absolute Gasteiger partial charge is 0.250 e. The van der Waals surface area contributed by atoms with Crippen molar-refractivity contribution in [3.63, 3.8) is 0 Å². The molecule has 0 atom stereocenters. The first-order valence-corrected chi connectivity index (χ1v) is 6.23. The Morgan fingerprint density at radius 2 is 2.00 bits per heavy atom. The lowest BCUT2D eigenvalue weighted by molar-refractivity contribution is 0.737. The highest BCUT2D eigenvalue weighted by molar-refractivity contribution is 7.99. The zero-order valence-corrected chi connectivity index (χ0v) is 10.1. The fraction of sp³-hybridized carbons (Fsp3) is 0.167. The van der Waals surface area contributed by atoms with Gasteiger partial charge < -0.3 is 10.3 Å². The van der Waals surface area contributed by atoms with Gasteiger partial charge in [0.15, 0.2) is 0 Å². The maximum absolute atomic E-state index is 11.5. The molecule has 5 heteroatoms. The van der Waals surface area contributed by atoms with E-state index in [2.05, 4.69) is 4.98 Å². The SMILES string of the molecule is Nc1ccc(=O)n(CCSc2ccncc2)c1. The van der Waals surface area contributed by atoms with E-state index in [-0.39, 0.29) is 5.56 Å². The average molecular weight is 247 g/mol. The number of aryl methyl sites for hydroxylation is 1. The van der Waals surface area contributed by atoms with Gasteiger partial charge in [-0.15, -0.1) is 11.8 Å². The summed E-state index contributed by atoms with van der Waals surface area (Å²) in [7, 11) is 0. The summed E-state index contributed by atoms with van der Waals surface area (Å²) in [6.45, 7) is 0.650. The Morgan fingerprint density at radius 1 is 1.24 bits per heavy atom. The molecule has 4 nitrogen and oxygen atoms in total. The van der Waals surface area contributed by atoms with Crippen LogP contribution >= 0.6 is 11.8 Å². The van der Waals surface area contributed by atoms with Crippen molar-refractivity contribution in [1.29, 1.82) is 0 Å². The van der Waals surface area contributed by atoms with E-state index in [1.807, 2.05) is 12.1 Å². The van der Waals surface area contributed by atoms with Crippen LogP contribution in [-0.2, 0) is 6.54 Å². The van der Waals surface area contributed by atoms with E-state index in [1.54, 1.807) is 41.0 Å². The van der Waals surface area contributed by atoms with Gasteiger partial charge in [0.25, 0.3) is 5.56 Å². The van der Waals surface area contributed by atoms with Crippen molar-refractivity contribution in [2.24, 2.45) is 0 Å². The molecule has 0 bridgehead atoms. The predicted octanol–water partition coefficient (Wildman–Crippen LogP) is 1.62. The highest BCUT2D eigenvalue weighted by Crippen LogP contribution is 2.16. The summed E-state index contributed by atoms with van der Waals surface area (Å²) in [5.74, 6) is 0.827. The minimum atomic E-state index is -0.0190. The lowest BCUT2D eigenvalue weighted by Crippen LogP contribution is -2.19. The number of nitrogen functional groups attached to an aromatic ring is 1. The van der Waals surface area contributed by atoms with Crippen LogP contribution in [0.25, 0.3) is 0 Å². The third-order valence-corrected chi connectivity index (χ3v) is 3.25. The fourth-order valence-electron chi connectivity index (χ4n) is 1.42. The Hall–Kier alpha value is -1.75. The van der Waals surface area contributed by atoms with Crippen molar-refractivity contribution in [1.82, 2.24) is 9.55 Å². The highest BCUT2D eigenvalue weighted by atomic mass is 32.2. The first-order chi connectivity index (χ1) is 8.25. The van der Waals surface area contributed by atoms with E-state index >= 15 is 0 Å². The second-order valence-electron chi connectivity index (χ2n) is 3.53.